The zero-order valence-electron chi connectivity index (χ0n) is 12.1. The van der Waals surface area contributed by atoms with Crippen molar-refractivity contribution in [1.29, 1.82) is 0 Å². The summed E-state index contributed by atoms with van der Waals surface area (Å²) in [6.45, 7) is 2.09. The predicted molar refractivity (Wildman–Crippen MR) is 91.4 cm³/mol. The molecule has 1 unspecified atom stereocenters. The molecule has 0 spiro atoms. The van der Waals surface area contributed by atoms with Gasteiger partial charge in [0, 0.05) is 15.5 Å². The number of amides is 1. The minimum Gasteiger partial charge on any atom is -0.325 e. The highest BCUT2D eigenvalue weighted by Crippen LogP contribution is 2.38. The molecule has 3 rings (SSSR count). The first-order valence-corrected chi connectivity index (χ1v) is 8.97. The fourth-order valence-corrected chi connectivity index (χ4v) is 4.16. The van der Waals surface area contributed by atoms with Gasteiger partial charge in [0.05, 0.1) is 5.25 Å². The van der Waals surface area contributed by atoms with Crippen LogP contribution >= 0.6 is 23.5 Å². The molecule has 1 atom stereocenters. The average molecular weight is 315 g/mol. The van der Waals surface area contributed by atoms with E-state index >= 15 is 0 Å². The molecule has 0 fully saturated rings. The largest absolute Gasteiger partial charge is 0.325 e. The Morgan fingerprint density at radius 1 is 1.29 bits per heavy atom. The summed E-state index contributed by atoms with van der Waals surface area (Å²) in [5.41, 5.74) is 3.40. The van der Waals surface area contributed by atoms with E-state index in [9.17, 15) is 4.79 Å². The molecule has 21 heavy (non-hydrogen) atoms. The molecular weight excluding hydrogens is 298 g/mol. The number of rotatable bonds is 3. The summed E-state index contributed by atoms with van der Waals surface area (Å²) in [6, 6.07) is 14.4. The van der Waals surface area contributed by atoms with Gasteiger partial charge in [-0.2, -0.15) is 0 Å². The standard InChI is InChI=1S/C17H17NOS2/c1-11-6-7-12-9-16(21-15(12)8-11)17(19)18-13-4-3-5-14(10-13)20-2/h3-8,10,16H,9H2,1-2H3,(H,18,19). The van der Waals surface area contributed by atoms with Crippen LogP contribution in [0.5, 0.6) is 0 Å². The highest BCUT2D eigenvalue weighted by molar-refractivity contribution is 8.01. The number of benzene rings is 2. The number of hydrogen-bond acceptors (Lipinski definition) is 3. The van der Waals surface area contributed by atoms with E-state index in [1.165, 1.54) is 16.0 Å². The van der Waals surface area contributed by atoms with Crippen molar-refractivity contribution < 1.29 is 4.79 Å². The molecular formula is C17H17NOS2. The van der Waals surface area contributed by atoms with Gasteiger partial charge in [-0.05, 0) is 49.4 Å². The van der Waals surface area contributed by atoms with Gasteiger partial charge in [-0.15, -0.1) is 23.5 Å². The summed E-state index contributed by atoms with van der Waals surface area (Å²) in [5, 5.41) is 3.01. The van der Waals surface area contributed by atoms with E-state index in [0.29, 0.717) is 0 Å². The van der Waals surface area contributed by atoms with E-state index in [4.69, 9.17) is 0 Å². The van der Waals surface area contributed by atoms with Crippen LogP contribution in [0.1, 0.15) is 11.1 Å². The second-order valence-electron chi connectivity index (χ2n) is 5.14. The van der Waals surface area contributed by atoms with Gasteiger partial charge in [0.1, 0.15) is 0 Å². The SMILES string of the molecule is CSc1cccc(NC(=O)C2Cc3ccc(C)cc3S2)c1. The minimum atomic E-state index is -0.0280. The van der Waals surface area contributed by atoms with E-state index in [0.717, 1.165) is 17.0 Å². The molecule has 0 saturated carbocycles. The Balaban J connectivity index is 1.70. The molecule has 0 radical (unpaired) electrons. The van der Waals surface area contributed by atoms with Crippen LogP contribution in [-0.2, 0) is 11.2 Å². The maximum absolute atomic E-state index is 12.4. The van der Waals surface area contributed by atoms with Crippen LogP contribution in [0.15, 0.2) is 52.3 Å². The van der Waals surface area contributed by atoms with Gasteiger partial charge in [0.2, 0.25) is 5.91 Å². The predicted octanol–water partition coefficient (Wildman–Crippen LogP) is 4.37. The van der Waals surface area contributed by atoms with Crippen molar-refractivity contribution in [2.75, 3.05) is 11.6 Å². The Morgan fingerprint density at radius 3 is 2.95 bits per heavy atom. The van der Waals surface area contributed by atoms with Gasteiger partial charge in [0.15, 0.2) is 0 Å². The normalized spacial score (nSPS) is 16.6. The van der Waals surface area contributed by atoms with Crippen LogP contribution in [0, 0.1) is 6.92 Å². The third-order valence-electron chi connectivity index (χ3n) is 3.53. The Morgan fingerprint density at radius 2 is 2.14 bits per heavy atom. The molecule has 0 aliphatic carbocycles. The molecule has 1 heterocycles. The quantitative estimate of drug-likeness (QED) is 0.853. The fourth-order valence-electron chi connectivity index (χ4n) is 2.40. The number of anilines is 1. The lowest BCUT2D eigenvalue weighted by molar-refractivity contribution is -0.115. The van der Waals surface area contributed by atoms with E-state index in [1.54, 1.807) is 23.5 Å². The van der Waals surface area contributed by atoms with Crippen LogP contribution in [0.2, 0.25) is 0 Å². The summed E-state index contributed by atoms with van der Waals surface area (Å²) in [6.07, 6.45) is 2.85. The maximum atomic E-state index is 12.4. The summed E-state index contributed by atoms with van der Waals surface area (Å²) < 4.78 is 0. The van der Waals surface area contributed by atoms with Crippen molar-refractivity contribution in [1.82, 2.24) is 0 Å². The second-order valence-corrected chi connectivity index (χ2v) is 7.27. The number of carbonyl (C=O) groups excluding carboxylic acids is 1. The third kappa shape index (κ3) is 3.27. The summed E-state index contributed by atoms with van der Waals surface area (Å²) >= 11 is 3.35. The van der Waals surface area contributed by atoms with Crippen molar-refractivity contribution in [3.05, 3.63) is 53.6 Å². The lowest BCUT2D eigenvalue weighted by Crippen LogP contribution is -2.24. The number of hydrogen-bond donors (Lipinski definition) is 1. The highest BCUT2D eigenvalue weighted by atomic mass is 32.2. The van der Waals surface area contributed by atoms with Gasteiger partial charge in [-0.1, -0.05) is 23.8 Å². The molecule has 0 aromatic heterocycles. The number of thioether (sulfide) groups is 2. The van der Waals surface area contributed by atoms with Gasteiger partial charge in [-0.3, -0.25) is 4.79 Å². The zero-order valence-corrected chi connectivity index (χ0v) is 13.7. The molecule has 108 valence electrons. The van der Waals surface area contributed by atoms with Crippen molar-refractivity contribution in [3.8, 4) is 0 Å². The first-order valence-electron chi connectivity index (χ1n) is 6.87. The van der Waals surface area contributed by atoms with Gasteiger partial charge in [0.25, 0.3) is 0 Å². The van der Waals surface area contributed by atoms with Crippen LogP contribution in [0.4, 0.5) is 5.69 Å². The summed E-state index contributed by atoms with van der Waals surface area (Å²) in [7, 11) is 0. The van der Waals surface area contributed by atoms with Crippen molar-refractivity contribution in [2.24, 2.45) is 0 Å². The maximum Gasteiger partial charge on any atom is 0.238 e. The fraction of sp³-hybridized carbons (Fsp3) is 0.235. The molecule has 1 aliphatic heterocycles. The average Bonchev–Trinajstić information content (AvgIpc) is 2.90. The molecule has 2 aromatic carbocycles. The number of aryl methyl sites for hydroxylation is 1. The molecule has 0 saturated heterocycles. The summed E-state index contributed by atoms with van der Waals surface area (Å²) in [4.78, 5) is 14.8. The number of fused-ring (bicyclic) bond motifs is 1. The van der Waals surface area contributed by atoms with Crippen LogP contribution in [0.3, 0.4) is 0 Å². The Bertz CT molecular complexity index is 684. The van der Waals surface area contributed by atoms with Crippen LogP contribution < -0.4 is 5.32 Å². The van der Waals surface area contributed by atoms with Gasteiger partial charge < -0.3 is 5.32 Å². The second kappa shape index (κ2) is 6.16. The molecule has 1 amide bonds. The Kier molecular flexibility index (Phi) is 4.27. The van der Waals surface area contributed by atoms with E-state index in [1.807, 2.05) is 30.5 Å². The van der Waals surface area contributed by atoms with Gasteiger partial charge >= 0.3 is 0 Å². The monoisotopic (exact) mass is 315 g/mol. The molecule has 1 aliphatic rings. The Labute approximate surface area is 133 Å². The molecule has 2 aromatic rings. The summed E-state index contributed by atoms with van der Waals surface area (Å²) in [5.74, 6) is 0.0899. The van der Waals surface area contributed by atoms with Crippen molar-refractivity contribution in [2.45, 2.75) is 28.4 Å². The molecule has 0 bridgehead atoms. The van der Waals surface area contributed by atoms with E-state index in [-0.39, 0.29) is 11.2 Å². The highest BCUT2D eigenvalue weighted by Gasteiger charge is 2.28. The zero-order chi connectivity index (χ0) is 14.8. The number of carbonyl (C=O) groups is 1. The molecule has 2 nitrogen and oxygen atoms in total. The first-order chi connectivity index (χ1) is 10.2. The van der Waals surface area contributed by atoms with Crippen molar-refractivity contribution >= 4 is 35.1 Å². The molecule has 1 N–H and O–H groups in total. The topological polar surface area (TPSA) is 29.1 Å². The lowest BCUT2D eigenvalue weighted by Gasteiger charge is -2.10. The van der Waals surface area contributed by atoms with Crippen LogP contribution in [0.25, 0.3) is 0 Å². The third-order valence-corrected chi connectivity index (χ3v) is 5.55. The van der Waals surface area contributed by atoms with Crippen molar-refractivity contribution in [3.63, 3.8) is 0 Å². The molecule has 4 heteroatoms. The number of nitrogens with one attached hydrogen (secondary N) is 1. The minimum absolute atomic E-state index is 0.0280. The van der Waals surface area contributed by atoms with Crippen LogP contribution in [-0.4, -0.2) is 17.4 Å². The van der Waals surface area contributed by atoms with E-state index in [2.05, 4.69) is 30.4 Å². The van der Waals surface area contributed by atoms with Gasteiger partial charge in [-0.25, -0.2) is 0 Å². The lowest BCUT2D eigenvalue weighted by atomic mass is 10.1. The smallest absolute Gasteiger partial charge is 0.238 e. The first kappa shape index (κ1) is 14.5. The van der Waals surface area contributed by atoms with E-state index < -0.39 is 0 Å². The Hall–Kier alpha value is -1.39.